The molecular formula is C11H11F3N2O3. The molecule has 1 saturated carbocycles. The van der Waals surface area contributed by atoms with Crippen LogP contribution in [0.4, 0.5) is 13.2 Å². The zero-order valence-corrected chi connectivity index (χ0v) is 9.70. The minimum Gasteiger partial charge on any atom is -0.478 e. The van der Waals surface area contributed by atoms with Gasteiger partial charge < -0.3 is 15.0 Å². The van der Waals surface area contributed by atoms with E-state index in [0.29, 0.717) is 6.20 Å². The number of hydrogen-bond donors (Lipinski definition) is 2. The minimum absolute atomic E-state index is 0.101. The number of carbonyl (C=O) groups is 2. The molecule has 19 heavy (non-hydrogen) atoms. The molecule has 5 nitrogen and oxygen atoms in total. The smallest absolute Gasteiger partial charge is 0.418 e. The van der Waals surface area contributed by atoms with Crippen LogP contribution >= 0.6 is 0 Å². The van der Waals surface area contributed by atoms with Gasteiger partial charge in [0.1, 0.15) is 6.54 Å². The van der Waals surface area contributed by atoms with E-state index >= 15 is 0 Å². The van der Waals surface area contributed by atoms with Gasteiger partial charge in [-0.15, -0.1) is 0 Å². The predicted octanol–water partition coefficient (Wildman–Crippen LogP) is 1.48. The molecule has 1 aliphatic rings. The minimum atomic E-state index is -4.76. The van der Waals surface area contributed by atoms with E-state index in [1.54, 1.807) is 0 Å². The molecule has 2 rings (SSSR count). The molecular weight excluding hydrogens is 265 g/mol. The van der Waals surface area contributed by atoms with Gasteiger partial charge in [0.05, 0.1) is 11.1 Å². The highest BCUT2D eigenvalue weighted by Crippen LogP contribution is 2.32. The number of hydrogen-bond acceptors (Lipinski definition) is 2. The monoisotopic (exact) mass is 276 g/mol. The van der Waals surface area contributed by atoms with Gasteiger partial charge in [0.25, 0.3) is 0 Å². The van der Waals surface area contributed by atoms with Crippen LogP contribution in [0, 0.1) is 0 Å². The van der Waals surface area contributed by atoms with E-state index in [0.717, 1.165) is 23.6 Å². The van der Waals surface area contributed by atoms with Crippen LogP contribution in [-0.4, -0.2) is 27.6 Å². The largest absolute Gasteiger partial charge is 0.478 e. The summed E-state index contributed by atoms with van der Waals surface area (Å²) in [7, 11) is 0. The van der Waals surface area contributed by atoms with Gasteiger partial charge >= 0.3 is 12.1 Å². The first-order chi connectivity index (χ1) is 8.77. The maximum atomic E-state index is 12.6. The van der Waals surface area contributed by atoms with Gasteiger partial charge in [-0.05, 0) is 12.8 Å². The van der Waals surface area contributed by atoms with Gasteiger partial charge in [0.2, 0.25) is 5.91 Å². The lowest BCUT2D eigenvalue weighted by Crippen LogP contribution is -2.28. The van der Waals surface area contributed by atoms with Crippen molar-refractivity contribution in [2.75, 3.05) is 0 Å². The third kappa shape index (κ3) is 3.27. The summed E-state index contributed by atoms with van der Waals surface area (Å²) < 4.78 is 38.7. The zero-order chi connectivity index (χ0) is 14.2. The third-order valence-corrected chi connectivity index (χ3v) is 2.68. The number of carboxylic acid groups (broad SMARTS) is 1. The molecule has 0 radical (unpaired) electrons. The lowest BCUT2D eigenvalue weighted by Gasteiger charge is -2.05. The quantitative estimate of drug-likeness (QED) is 0.875. The first-order valence-corrected chi connectivity index (χ1v) is 5.57. The van der Waals surface area contributed by atoms with Crippen LogP contribution in [0.25, 0.3) is 0 Å². The van der Waals surface area contributed by atoms with E-state index in [4.69, 9.17) is 5.11 Å². The van der Waals surface area contributed by atoms with Crippen LogP contribution in [0.3, 0.4) is 0 Å². The second kappa shape index (κ2) is 4.60. The van der Waals surface area contributed by atoms with Crippen molar-refractivity contribution in [1.29, 1.82) is 0 Å². The Hall–Kier alpha value is -1.99. The highest BCUT2D eigenvalue weighted by molar-refractivity contribution is 5.89. The molecule has 1 aliphatic carbocycles. The summed E-state index contributed by atoms with van der Waals surface area (Å²) in [5.74, 6) is -2.10. The number of halogens is 3. The Morgan fingerprint density at radius 3 is 2.42 bits per heavy atom. The summed E-state index contributed by atoms with van der Waals surface area (Å²) in [5.41, 5.74) is -2.11. The van der Waals surface area contributed by atoms with E-state index in [9.17, 15) is 22.8 Å². The summed E-state index contributed by atoms with van der Waals surface area (Å²) in [6.07, 6.45) is -1.57. The summed E-state index contributed by atoms with van der Waals surface area (Å²) in [6, 6.07) is 0.101. The average molecular weight is 276 g/mol. The maximum Gasteiger partial charge on any atom is 0.418 e. The molecule has 1 aromatic heterocycles. The average Bonchev–Trinajstić information content (AvgIpc) is 2.93. The Labute approximate surface area is 106 Å². The number of aromatic carboxylic acids is 1. The zero-order valence-electron chi connectivity index (χ0n) is 9.70. The van der Waals surface area contributed by atoms with Crippen molar-refractivity contribution in [3.8, 4) is 0 Å². The molecule has 1 amide bonds. The van der Waals surface area contributed by atoms with E-state index < -0.39 is 29.2 Å². The molecule has 0 spiro atoms. The van der Waals surface area contributed by atoms with Crippen LogP contribution < -0.4 is 5.32 Å². The normalized spacial score (nSPS) is 15.3. The van der Waals surface area contributed by atoms with E-state index in [-0.39, 0.29) is 12.6 Å². The highest BCUT2D eigenvalue weighted by atomic mass is 19.4. The van der Waals surface area contributed by atoms with Crippen LogP contribution in [0.5, 0.6) is 0 Å². The van der Waals surface area contributed by atoms with Gasteiger partial charge in [-0.3, -0.25) is 4.79 Å². The lowest BCUT2D eigenvalue weighted by atomic mass is 10.2. The maximum absolute atomic E-state index is 12.6. The molecule has 2 N–H and O–H groups in total. The van der Waals surface area contributed by atoms with Crippen LogP contribution in [0.1, 0.15) is 28.8 Å². The fourth-order valence-electron chi connectivity index (χ4n) is 1.66. The molecule has 0 bridgehead atoms. The van der Waals surface area contributed by atoms with E-state index in [1.165, 1.54) is 0 Å². The summed E-state index contributed by atoms with van der Waals surface area (Å²) >= 11 is 0. The summed E-state index contributed by atoms with van der Waals surface area (Å²) in [5, 5.41) is 11.3. The van der Waals surface area contributed by atoms with Gasteiger partial charge in [0.15, 0.2) is 0 Å². The number of nitrogens with one attached hydrogen (secondary N) is 1. The van der Waals surface area contributed by atoms with Crippen molar-refractivity contribution in [1.82, 2.24) is 9.88 Å². The second-order valence-electron chi connectivity index (χ2n) is 4.40. The Morgan fingerprint density at radius 2 is 2.00 bits per heavy atom. The number of carboxylic acids is 1. The number of rotatable bonds is 4. The molecule has 0 unspecified atom stereocenters. The van der Waals surface area contributed by atoms with Crippen LogP contribution in [0.15, 0.2) is 12.4 Å². The van der Waals surface area contributed by atoms with Gasteiger partial charge in [-0.25, -0.2) is 4.79 Å². The van der Waals surface area contributed by atoms with Crippen LogP contribution in [0.2, 0.25) is 0 Å². The van der Waals surface area contributed by atoms with Gasteiger partial charge in [-0.1, -0.05) is 0 Å². The third-order valence-electron chi connectivity index (χ3n) is 2.68. The Balaban J connectivity index is 2.17. The summed E-state index contributed by atoms with van der Waals surface area (Å²) in [6.45, 7) is -0.327. The van der Waals surface area contributed by atoms with Crippen molar-refractivity contribution in [2.24, 2.45) is 0 Å². The Kier molecular flexibility index (Phi) is 3.25. The summed E-state index contributed by atoms with van der Waals surface area (Å²) in [4.78, 5) is 22.2. The first-order valence-electron chi connectivity index (χ1n) is 5.57. The SMILES string of the molecule is O=C(Cn1cc(C(=O)O)c(C(F)(F)F)c1)NC1CC1. The van der Waals surface area contributed by atoms with Gasteiger partial charge in [-0.2, -0.15) is 13.2 Å². The fraction of sp³-hybridized carbons (Fsp3) is 0.455. The lowest BCUT2D eigenvalue weighted by molar-refractivity contribution is -0.138. The number of alkyl halides is 3. The molecule has 1 fully saturated rings. The molecule has 1 heterocycles. The molecule has 8 heteroatoms. The van der Waals surface area contributed by atoms with Crippen molar-refractivity contribution >= 4 is 11.9 Å². The Morgan fingerprint density at radius 1 is 1.37 bits per heavy atom. The number of amides is 1. The molecule has 0 atom stereocenters. The number of carbonyl (C=O) groups excluding carboxylic acids is 1. The van der Waals surface area contributed by atoms with Crippen LogP contribution in [-0.2, 0) is 17.5 Å². The Bertz CT molecular complexity index is 518. The predicted molar refractivity (Wildman–Crippen MR) is 57.6 cm³/mol. The molecule has 0 aliphatic heterocycles. The van der Waals surface area contributed by atoms with E-state index in [1.807, 2.05) is 0 Å². The topological polar surface area (TPSA) is 71.3 Å². The molecule has 0 aromatic carbocycles. The van der Waals surface area contributed by atoms with Crippen molar-refractivity contribution in [3.05, 3.63) is 23.5 Å². The van der Waals surface area contributed by atoms with E-state index in [2.05, 4.69) is 5.32 Å². The fourth-order valence-corrected chi connectivity index (χ4v) is 1.66. The standard InChI is InChI=1S/C11H11F3N2O3/c12-11(13,14)8-4-16(3-7(8)10(18)19)5-9(17)15-6-1-2-6/h3-4,6H,1-2,5H2,(H,15,17)(H,18,19). The molecule has 0 saturated heterocycles. The van der Waals surface area contributed by atoms with Gasteiger partial charge in [0, 0.05) is 18.4 Å². The first kappa shape index (κ1) is 13.4. The number of nitrogens with zero attached hydrogens (tertiary/aromatic N) is 1. The number of aromatic nitrogens is 1. The van der Waals surface area contributed by atoms with Crippen molar-refractivity contribution in [3.63, 3.8) is 0 Å². The second-order valence-corrected chi connectivity index (χ2v) is 4.40. The molecule has 104 valence electrons. The molecule has 1 aromatic rings. The van der Waals surface area contributed by atoms with Crippen molar-refractivity contribution < 1.29 is 27.9 Å². The van der Waals surface area contributed by atoms with Crippen molar-refractivity contribution in [2.45, 2.75) is 31.6 Å². The highest BCUT2D eigenvalue weighted by Gasteiger charge is 2.37.